The highest BCUT2D eigenvalue weighted by Gasteiger charge is 1.90. The molecule has 4 heteroatoms. The summed E-state index contributed by atoms with van der Waals surface area (Å²) >= 11 is 0. The Kier molecular flexibility index (Phi) is 4.26. The summed E-state index contributed by atoms with van der Waals surface area (Å²) in [6.45, 7) is 2.34. The summed E-state index contributed by atoms with van der Waals surface area (Å²) in [5, 5.41) is 3.19. The number of ether oxygens (including phenoxy) is 1. The smallest absolute Gasteiger partial charge is 0.115 e. The predicted octanol–water partition coefficient (Wildman–Crippen LogP) is 0.213. The van der Waals surface area contributed by atoms with Crippen molar-refractivity contribution in [1.82, 2.24) is 15.3 Å². The zero-order valence-electron chi connectivity index (χ0n) is 7.16. The first-order chi connectivity index (χ1) is 5.93. The Morgan fingerprint density at radius 3 is 3.17 bits per heavy atom. The molecule has 1 aromatic heterocycles. The summed E-state index contributed by atoms with van der Waals surface area (Å²) in [5.41, 5.74) is 1.00. The van der Waals surface area contributed by atoms with Gasteiger partial charge in [-0.15, -0.1) is 0 Å². The molecule has 0 atom stereocenters. The molecule has 1 rings (SSSR count). The van der Waals surface area contributed by atoms with E-state index >= 15 is 0 Å². The third kappa shape index (κ3) is 3.41. The first-order valence-corrected chi connectivity index (χ1v) is 3.88. The maximum Gasteiger partial charge on any atom is 0.115 e. The molecule has 0 bridgehead atoms. The van der Waals surface area contributed by atoms with Gasteiger partial charge in [-0.25, -0.2) is 9.97 Å². The lowest BCUT2D eigenvalue weighted by Crippen LogP contribution is -2.19. The summed E-state index contributed by atoms with van der Waals surface area (Å²) in [5.74, 6) is 0. The van der Waals surface area contributed by atoms with E-state index in [1.54, 1.807) is 19.6 Å². The van der Waals surface area contributed by atoms with Crippen molar-refractivity contribution in [3.05, 3.63) is 24.3 Å². The number of hydrogen-bond donors (Lipinski definition) is 1. The van der Waals surface area contributed by atoms with Crippen LogP contribution in [0.1, 0.15) is 5.69 Å². The van der Waals surface area contributed by atoms with Crippen molar-refractivity contribution in [3.63, 3.8) is 0 Å². The van der Waals surface area contributed by atoms with Crippen molar-refractivity contribution in [2.75, 3.05) is 20.3 Å². The molecular weight excluding hydrogens is 154 g/mol. The van der Waals surface area contributed by atoms with E-state index in [4.69, 9.17) is 4.74 Å². The Bertz CT molecular complexity index is 203. The van der Waals surface area contributed by atoms with Crippen LogP contribution in [0.15, 0.2) is 18.6 Å². The van der Waals surface area contributed by atoms with Gasteiger partial charge in [0.25, 0.3) is 0 Å². The maximum absolute atomic E-state index is 4.88. The van der Waals surface area contributed by atoms with Crippen LogP contribution in [-0.2, 0) is 11.3 Å². The predicted molar refractivity (Wildman–Crippen MR) is 45.6 cm³/mol. The number of aromatic nitrogens is 2. The van der Waals surface area contributed by atoms with Gasteiger partial charge in [0, 0.05) is 26.4 Å². The van der Waals surface area contributed by atoms with Crippen molar-refractivity contribution in [2.24, 2.45) is 0 Å². The molecule has 0 unspecified atom stereocenters. The minimum atomic E-state index is 0.727. The van der Waals surface area contributed by atoms with Crippen LogP contribution in [0.2, 0.25) is 0 Å². The summed E-state index contributed by atoms with van der Waals surface area (Å²) in [4.78, 5) is 7.89. The lowest BCUT2D eigenvalue weighted by Gasteiger charge is -2.01. The van der Waals surface area contributed by atoms with Gasteiger partial charge in [-0.05, 0) is 6.07 Å². The average Bonchev–Trinajstić information content (AvgIpc) is 2.14. The standard InChI is InChI=1S/C8H13N3O/c1-12-5-4-9-6-8-2-3-10-7-11-8/h2-3,7,9H,4-6H2,1H3. The normalized spacial score (nSPS) is 10.1. The zero-order valence-corrected chi connectivity index (χ0v) is 7.16. The molecule has 1 aromatic rings. The van der Waals surface area contributed by atoms with Gasteiger partial charge < -0.3 is 10.1 Å². The van der Waals surface area contributed by atoms with E-state index in [0.29, 0.717) is 0 Å². The van der Waals surface area contributed by atoms with Crippen LogP contribution in [0.5, 0.6) is 0 Å². The minimum absolute atomic E-state index is 0.727. The third-order valence-electron chi connectivity index (χ3n) is 1.43. The van der Waals surface area contributed by atoms with Gasteiger partial charge in [0.05, 0.1) is 12.3 Å². The molecule has 0 fully saturated rings. The molecule has 12 heavy (non-hydrogen) atoms. The number of rotatable bonds is 5. The largest absolute Gasteiger partial charge is 0.383 e. The van der Waals surface area contributed by atoms with Crippen LogP contribution in [0.3, 0.4) is 0 Å². The molecule has 0 aliphatic heterocycles. The lowest BCUT2D eigenvalue weighted by atomic mass is 10.4. The molecule has 0 amide bonds. The molecule has 0 aromatic carbocycles. The number of nitrogens with one attached hydrogen (secondary N) is 1. The molecular formula is C8H13N3O. The van der Waals surface area contributed by atoms with Crippen molar-refractivity contribution in [1.29, 1.82) is 0 Å². The molecule has 1 N–H and O–H groups in total. The maximum atomic E-state index is 4.88. The van der Waals surface area contributed by atoms with Crippen LogP contribution in [0.4, 0.5) is 0 Å². The van der Waals surface area contributed by atoms with E-state index in [1.165, 1.54) is 0 Å². The van der Waals surface area contributed by atoms with Gasteiger partial charge in [-0.2, -0.15) is 0 Å². The fourth-order valence-electron chi connectivity index (χ4n) is 0.813. The Labute approximate surface area is 72.0 Å². The van der Waals surface area contributed by atoms with E-state index in [0.717, 1.165) is 25.4 Å². The highest BCUT2D eigenvalue weighted by atomic mass is 16.5. The summed E-state index contributed by atoms with van der Waals surface area (Å²) in [6.07, 6.45) is 3.29. The second-order valence-electron chi connectivity index (χ2n) is 2.37. The van der Waals surface area contributed by atoms with Crippen LogP contribution in [-0.4, -0.2) is 30.2 Å². The average molecular weight is 167 g/mol. The van der Waals surface area contributed by atoms with E-state index < -0.39 is 0 Å². The summed E-state index contributed by atoms with van der Waals surface area (Å²) < 4.78 is 4.88. The van der Waals surface area contributed by atoms with Crippen molar-refractivity contribution in [2.45, 2.75) is 6.54 Å². The molecule has 0 saturated heterocycles. The van der Waals surface area contributed by atoms with Gasteiger partial charge in [-0.1, -0.05) is 0 Å². The molecule has 0 aliphatic carbocycles. The molecule has 0 spiro atoms. The molecule has 4 nitrogen and oxygen atoms in total. The summed E-state index contributed by atoms with van der Waals surface area (Å²) in [6, 6.07) is 1.89. The van der Waals surface area contributed by atoms with E-state index in [9.17, 15) is 0 Å². The van der Waals surface area contributed by atoms with Crippen LogP contribution in [0.25, 0.3) is 0 Å². The molecule has 0 saturated carbocycles. The highest BCUT2D eigenvalue weighted by Crippen LogP contribution is 1.88. The monoisotopic (exact) mass is 167 g/mol. The second-order valence-corrected chi connectivity index (χ2v) is 2.37. The lowest BCUT2D eigenvalue weighted by molar-refractivity contribution is 0.199. The second kappa shape index (κ2) is 5.62. The van der Waals surface area contributed by atoms with E-state index in [1.807, 2.05) is 6.07 Å². The first-order valence-electron chi connectivity index (χ1n) is 3.88. The minimum Gasteiger partial charge on any atom is -0.383 e. The Balaban J connectivity index is 2.16. The van der Waals surface area contributed by atoms with Gasteiger partial charge in [0.2, 0.25) is 0 Å². The van der Waals surface area contributed by atoms with Crippen LogP contribution >= 0.6 is 0 Å². The Morgan fingerprint density at radius 1 is 1.58 bits per heavy atom. The molecule has 1 heterocycles. The van der Waals surface area contributed by atoms with Crippen molar-refractivity contribution >= 4 is 0 Å². The van der Waals surface area contributed by atoms with Crippen LogP contribution in [0, 0.1) is 0 Å². The Hall–Kier alpha value is -1.00. The molecule has 0 radical (unpaired) electrons. The molecule has 0 aliphatic rings. The zero-order chi connectivity index (χ0) is 8.65. The number of nitrogens with zero attached hydrogens (tertiary/aromatic N) is 2. The van der Waals surface area contributed by atoms with Gasteiger partial charge in [-0.3, -0.25) is 0 Å². The number of methoxy groups -OCH3 is 1. The quantitative estimate of drug-likeness (QED) is 0.637. The first kappa shape index (κ1) is 9.09. The van der Waals surface area contributed by atoms with Crippen molar-refractivity contribution < 1.29 is 4.74 Å². The fourth-order valence-corrected chi connectivity index (χ4v) is 0.813. The SMILES string of the molecule is COCCNCc1ccncn1. The summed E-state index contributed by atoms with van der Waals surface area (Å²) in [7, 11) is 1.69. The topological polar surface area (TPSA) is 47.0 Å². The van der Waals surface area contributed by atoms with Gasteiger partial charge in [0.15, 0.2) is 0 Å². The van der Waals surface area contributed by atoms with Crippen LogP contribution < -0.4 is 5.32 Å². The Morgan fingerprint density at radius 2 is 2.50 bits per heavy atom. The number of hydrogen-bond acceptors (Lipinski definition) is 4. The molecule has 66 valence electrons. The van der Waals surface area contributed by atoms with Gasteiger partial charge in [0.1, 0.15) is 6.33 Å². The van der Waals surface area contributed by atoms with Crippen molar-refractivity contribution in [3.8, 4) is 0 Å². The van der Waals surface area contributed by atoms with E-state index in [-0.39, 0.29) is 0 Å². The van der Waals surface area contributed by atoms with E-state index in [2.05, 4.69) is 15.3 Å². The fraction of sp³-hybridized carbons (Fsp3) is 0.500. The highest BCUT2D eigenvalue weighted by molar-refractivity contribution is 4.96. The van der Waals surface area contributed by atoms with Gasteiger partial charge >= 0.3 is 0 Å². The third-order valence-corrected chi connectivity index (χ3v) is 1.43.